The molecule has 0 radical (unpaired) electrons. The van der Waals surface area contributed by atoms with Gasteiger partial charge in [0.2, 0.25) is 0 Å². The van der Waals surface area contributed by atoms with E-state index in [-0.39, 0.29) is 7.92 Å². The van der Waals surface area contributed by atoms with Gasteiger partial charge in [0.15, 0.2) is 0 Å². The Labute approximate surface area is 233 Å². The monoisotopic (exact) mass is 562 g/mol. The maximum absolute atomic E-state index is 7.05. The topological polar surface area (TPSA) is 26.3 Å². The largest absolute Gasteiger partial charge is 0.415 e. The zero-order valence-corrected chi connectivity index (χ0v) is 24.5. The Kier molecular flexibility index (Phi) is 5.63. The lowest BCUT2D eigenvalue weighted by Crippen LogP contribution is -2.11. The molecule has 0 N–H and O–H groups in total. The molecule has 1 saturated heterocycles. The van der Waals surface area contributed by atoms with E-state index in [2.05, 4.69) is 111 Å². The molecule has 0 aliphatic carbocycles. The molecule has 1 aliphatic rings. The Hall–Kier alpha value is -3.09. The number of benzene rings is 5. The van der Waals surface area contributed by atoms with Crippen LogP contribution in [0.5, 0.6) is 0 Å². The summed E-state index contributed by atoms with van der Waals surface area (Å²) < 4.78 is 16.7. The standard InChI is InChI=1S/C34H28O2P2S/c1-21-15-16-22(2)37(21)33-27-13-7-8-14-30(27)39-34(33)38-35-28-19-17-23-9-3-5-11-25(23)31(28)32-26-12-6-4-10-24(26)18-20-29(32)36-38/h3-14,17-22H,15-16H2,1-2H3/t21-,22-/m1/s1. The van der Waals surface area contributed by atoms with Crippen LogP contribution in [0.2, 0.25) is 0 Å². The number of rotatable bonds is 2. The van der Waals surface area contributed by atoms with Crippen molar-refractivity contribution in [3.63, 3.8) is 0 Å². The van der Waals surface area contributed by atoms with E-state index in [1.165, 1.54) is 54.4 Å². The van der Waals surface area contributed by atoms with Gasteiger partial charge in [-0.3, -0.25) is 0 Å². The van der Waals surface area contributed by atoms with Crippen LogP contribution in [-0.4, -0.2) is 11.3 Å². The molecule has 0 unspecified atom stereocenters. The fourth-order valence-electron chi connectivity index (χ4n) is 6.48. The molecule has 3 heterocycles. The van der Waals surface area contributed by atoms with Gasteiger partial charge in [-0.25, -0.2) is 0 Å². The molecule has 7 aromatic rings. The van der Waals surface area contributed by atoms with Gasteiger partial charge in [-0.15, -0.1) is 11.3 Å². The van der Waals surface area contributed by atoms with Crippen molar-refractivity contribution in [2.75, 3.05) is 0 Å². The third-order valence-corrected chi connectivity index (χ3v) is 15.0. The zero-order valence-electron chi connectivity index (χ0n) is 21.9. The first kappa shape index (κ1) is 23.8. The molecule has 0 spiro atoms. The fraction of sp³-hybridized carbons (Fsp3) is 0.176. The van der Waals surface area contributed by atoms with E-state index in [1.54, 1.807) is 0 Å². The Balaban J connectivity index is 1.55. The lowest BCUT2D eigenvalue weighted by atomic mass is 9.99. The van der Waals surface area contributed by atoms with E-state index < -0.39 is 8.01 Å². The Bertz CT molecular complexity index is 1980. The zero-order chi connectivity index (χ0) is 26.1. The van der Waals surface area contributed by atoms with Crippen molar-refractivity contribution < 1.29 is 8.39 Å². The molecule has 0 bridgehead atoms. The van der Waals surface area contributed by atoms with Crippen molar-refractivity contribution in [1.82, 2.24) is 0 Å². The van der Waals surface area contributed by atoms with Gasteiger partial charge < -0.3 is 8.39 Å². The predicted molar refractivity (Wildman–Crippen MR) is 173 cm³/mol. The highest BCUT2D eigenvalue weighted by atomic mass is 32.1. The molecule has 2 nitrogen and oxygen atoms in total. The average Bonchev–Trinajstić information content (AvgIpc) is 3.44. The molecule has 5 heteroatoms. The van der Waals surface area contributed by atoms with Gasteiger partial charge in [0.25, 0.3) is 8.01 Å². The minimum absolute atomic E-state index is 0.304. The van der Waals surface area contributed by atoms with Gasteiger partial charge in [-0.2, -0.15) is 0 Å². The van der Waals surface area contributed by atoms with Crippen LogP contribution >= 0.6 is 27.3 Å². The second-order valence-electron chi connectivity index (χ2n) is 10.7. The maximum atomic E-state index is 7.05. The molecule has 0 amide bonds. The Morgan fingerprint density at radius 2 is 1.13 bits per heavy atom. The second-order valence-corrected chi connectivity index (χ2v) is 16.4. The van der Waals surface area contributed by atoms with Crippen LogP contribution in [0.1, 0.15) is 26.7 Å². The molecule has 39 heavy (non-hydrogen) atoms. The van der Waals surface area contributed by atoms with Crippen LogP contribution in [0.3, 0.4) is 0 Å². The molecule has 5 aromatic carbocycles. The number of hydrogen-bond acceptors (Lipinski definition) is 3. The lowest BCUT2D eigenvalue weighted by Gasteiger charge is -2.22. The van der Waals surface area contributed by atoms with Crippen molar-refractivity contribution in [3.8, 4) is 4.62 Å². The van der Waals surface area contributed by atoms with E-state index in [9.17, 15) is 0 Å². The third kappa shape index (κ3) is 3.71. The van der Waals surface area contributed by atoms with Crippen molar-refractivity contribution in [3.05, 3.63) is 97.1 Å². The van der Waals surface area contributed by atoms with Crippen LogP contribution in [0.25, 0.3) is 58.2 Å². The van der Waals surface area contributed by atoms with Gasteiger partial charge in [0, 0.05) is 26.2 Å². The number of fused-ring (bicyclic) bond motifs is 8. The van der Waals surface area contributed by atoms with Crippen LogP contribution < -0.4 is 5.30 Å². The fourth-order valence-corrected chi connectivity index (χ4v) is 13.7. The van der Waals surface area contributed by atoms with E-state index in [0.29, 0.717) is 11.3 Å². The lowest BCUT2D eigenvalue weighted by molar-refractivity contribution is 0.652. The summed E-state index contributed by atoms with van der Waals surface area (Å²) in [6.45, 7) is 4.91. The molecule has 1 aliphatic heterocycles. The van der Waals surface area contributed by atoms with Crippen LogP contribution in [-0.2, 0) is 0 Å². The first-order valence-corrected chi connectivity index (χ1v) is 17.1. The van der Waals surface area contributed by atoms with E-state index in [4.69, 9.17) is 8.39 Å². The molecule has 0 saturated carbocycles. The minimum atomic E-state index is -1.36. The first-order valence-electron chi connectivity index (χ1n) is 13.7. The number of hydrogen-bond donors (Lipinski definition) is 0. The Morgan fingerprint density at radius 1 is 0.615 bits per heavy atom. The van der Waals surface area contributed by atoms with Gasteiger partial charge in [-0.05, 0) is 63.9 Å². The van der Waals surface area contributed by atoms with Gasteiger partial charge in [0.1, 0.15) is 15.8 Å². The van der Waals surface area contributed by atoms with Gasteiger partial charge >= 0.3 is 0 Å². The van der Waals surface area contributed by atoms with Crippen molar-refractivity contribution >= 4 is 86.1 Å². The SMILES string of the molecule is C[C@@H]1CC[C@@H](C)P1c1c(-p2oc3ccc4ccccc4c3c3c(ccc4ccccc43)o2)sc2ccccc12. The molecule has 1 fully saturated rings. The summed E-state index contributed by atoms with van der Waals surface area (Å²) in [7, 11) is -1.67. The summed E-state index contributed by atoms with van der Waals surface area (Å²) in [4.78, 5) is 0. The van der Waals surface area contributed by atoms with Crippen LogP contribution in [0.15, 0.2) is 105 Å². The summed E-state index contributed by atoms with van der Waals surface area (Å²) in [5, 5.41) is 10.0. The predicted octanol–water partition coefficient (Wildman–Crippen LogP) is 11.5. The third-order valence-electron chi connectivity index (χ3n) is 8.32. The average molecular weight is 563 g/mol. The normalized spacial score (nSPS) is 18.2. The minimum Gasteiger partial charge on any atom is -0.415 e. The van der Waals surface area contributed by atoms with E-state index in [0.717, 1.165) is 21.9 Å². The van der Waals surface area contributed by atoms with Gasteiger partial charge in [0.05, 0.1) is 0 Å². The maximum Gasteiger partial charge on any atom is 0.264 e. The highest BCUT2D eigenvalue weighted by molar-refractivity contribution is 7.72. The Morgan fingerprint density at radius 3 is 1.72 bits per heavy atom. The van der Waals surface area contributed by atoms with Crippen molar-refractivity contribution in [1.29, 1.82) is 0 Å². The second kappa shape index (κ2) is 9.24. The quantitative estimate of drug-likeness (QED) is 0.196. The first-order chi connectivity index (χ1) is 19.2. The summed E-state index contributed by atoms with van der Waals surface area (Å²) in [6.07, 6.45) is 2.61. The van der Waals surface area contributed by atoms with E-state index >= 15 is 0 Å². The highest BCUT2D eigenvalue weighted by Crippen LogP contribution is 2.61. The summed E-state index contributed by atoms with van der Waals surface area (Å²) in [6, 6.07) is 34.9. The molecule has 192 valence electrons. The van der Waals surface area contributed by atoms with Crippen LogP contribution in [0, 0.1) is 0 Å². The van der Waals surface area contributed by atoms with E-state index in [1.807, 2.05) is 11.3 Å². The van der Waals surface area contributed by atoms with Crippen molar-refractivity contribution in [2.24, 2.45) is 0 Å². The summed E-state index contributed by atoms with van der Waals surface area (Å²) >= 11 is 1.88. The smallest absolute Gasteiger partial charge is 0.264 e. The summed E-state index contributed by atoms with van der Waals surface area (Å²) in [5.41, 5.74) is 3.25. The van der Waals surface area contributed by atoms with Crippen LogP contribution in [0.4, 0.5) is 0 Å². The highest BCUT2D eigenvalue weighted by Gasteiger charge is 2.36. The summed E-state index contributed by atoms with van der Waals surface area (Å²) in [5.74, 6) is 0. The van der Waals surface area contributed by atoms with Crippen molar-refractivity contribution in [2.45, 2.75) is 38.0 Å². The molecule has 2 aromatic heterocycles. The molecular formula is C34H28O2P2S. The molecule has 2 atom stereocenters. The number of thiophene rings is 1. The molecule has 8 rings (SSSR count). The molecular weight excluding hydrogens is 534 g/mol. The van der Waals surface area contributed by atoms with Gasteiger partial charge in [-0.1, -0.05) is 101 Å².